The highest BCUT2D eigenvalue weighted by Crippen LogP contribution is 2.33. The van der Waals surface area contributed by atoms with E-state index in [1.165, 1.54) is 50.3 Å². The van der Waals surface area contributed by atoms with E-state index in [1.807, 2.05) is 34.9 Å². The molecule has 2 saturated carbocycles. The third-order valence-electron chi connectivity index (χ3n) is 7.28. The quantitative estimate of drug-likeness (QED) is 0.237. The molecule has 0 saturated heterocycles. The second kappa shape index (κ2) is 11.2. The van der Waals surface area contributed by atoms with E-state index in [2.05, 4.69) is 21.7 Å². The number of furan rings is 1. The van der Waals surface area contributed by atoms with Gasteiger partial charge < -0.3 is 9.32 Å². The fourth-order valence-corrected chi connectivity index (χ4v) is 6.62. The van der Waals surface area contributed by atoms with Crippen molar-refractivity contribution in [2.45, 2.75) is 88.0 Å². The summed E-state index contributed by atoms with van der Waals surface area (Å²) in [6.45, 7) is 4.44. The molecule has 186 valence electrons. The van der Waals surface area contributed by atoms with Crippen molar-refractivity contribution in [1.29, 1.82) is 0 Å². The Morgan fingerprint density at radius 1 is 1.09 bits per heavy atom. The Balaban J connectivity index is 1.35. The van der Waals surface area contributed by atoms with E-state index in [-0.39, 0.29) is 5.91 Å². The number of carbonyl (C=O) groups is 1. The summed E-state index contributed by atoms with van der Waals surface area (Å²) in [7, 11) is 0. The molecule has 2 aromatic heterocycles. The highest BCUT2D eigenvalue weighted by Gasteiger charge is 2.32. The lowest BCUT2D eigenvalue weighted by atomic mass is 9.88. The minimum absolute atomic E-state index is 0.238. The number of thioether (sulfide) groups is 1. The maximum atomic E-state index is 13.6. The fraction of sp³-hybridized carbons (Fsp3) is 0.519. The predicted octanol–water partition coefficient (Wildman–Crippen LogP) is 7.12. The Bertz CT molecular complexity index is 1160. The molecule has 0 bridgehead atoms. The largest absolute Gasteiger partial charge is 0.453 e. The number of allylic oxidation sites excluding steroid dienone is 1. The van der Waals surface area contributed by atoms with Crippen LogP contribution in [0.2, 0.25) is 5.02 Å². The molecule has 8 heteroatoms. The van der Waals surface area contributed by atoms with Gasteiger partial charge in [0.25, 0.3) is 0 Å². The topological polar surface area (TPSA) is 64.2 Å². The average Bonchev–Trinajstić information content (AvgIpc) is 3.48. The van der Waals surface area contributed by atoms with E-state index in [9.17, 15) is 4.79 Å². The first-order valence-electron chi connectivity index (χ1n) is 12.8. The van der Waals surface area contributed by atoms with Gasteiger partial charge in [0.05, 0.1) is 5.75 Å². The number of aromatic nitrogens is 3. The summed E-state index contributed by atoms with van der Waals surface area (Å²) in [6.07, 6.45) is 13.9. The summed E-state index contributed by atoms with van der Waals surface area (Å²) in [4.78, 5) is 15.9. The van der Waals surface area contributed by atoms with Crippen LogP contribution in [-0.4, -0.2) is 43.4 Å². The van der Waals surface area contributed by atoms with Crippen molar-refractivity contribution in [2.24, 2.45) is 0 Å². The molecule has 2 aliphatic carbocycles. The molecule has 0 radical (unpaired) electrons. The number of hydrogen-bond donors (Lipinski definition) is 0. The molecule has 2 aliphatic rings. The molecule has 3 aromatic rings. The molecule has 35 heavy (non-hydrogen) atoms. The van der Waals surface area contributed by atoms with E-state index in [0.29, 0.717) is 46.1 Å². The SMILES string of the molecule is C=CCn1c(SCC(=O)N(C2CCCCC2)C2CCCCC2)nnc1-c1cc2cc(Cl)ccc2o1. The third-order valence-corrected chi connectivity index (χ3v) is 8.46. The van der Waals surface area contributed by atoms with Crippen molar-refractivity contribution in [3.63, 3.8) is 0 Å². The van der Waals surface area contributed by atoms with Gasteiger partial charge in [0.2, 0.25) is 11.7 Å². The Hall–Kier alpha value is -2.25. The van der Waals surface area contributed by atoms with Gasteiger partial charge in [-0.05, 0) is 49.9 Å². The molecule has 0 atom stereocenters. The first kappa shape index (κ1) is 24.4. The van der Waals surface area contributed by atoms with Gasteiger partial charge in [-0.25, -0.2) is 0 Å². The molecule has 2 heterocycles. The summed E-state index contributed by atoms with van der Waals surface area (Å²) in [6, 6.07) is 8.25. The second-order valence-corrected chi connectivity index (χ2v) is 11.1. The van der Waals surface area contributed by atoms with Gasteiger partial charge in [-0.3, -0.25) is 9.36 Å². The van der Waals surface area contributed by atoms with Gasteiger partial charge in [0.1, 0.15) is 5.58 Å². The molecule has 0 spiro atoms. The van der Waals surface area contributed by atoms with Crippen LogP contribution in [0.3, 0.4) is 0 Å². The number of fused-ring (bicyclic) bond motifs is 1. The van der Waals surface area contributed by atoms with Crippen molar-refractivity contribution in [3.05, 3.63) is 41.9 Å². The van der Waals surface area contributed by atoms with Crippen molar-refractivity contribution >= 4 is 40.2 Å². The first-order valence-corrected chi connectivity index (χ1v) is 14.2. The van der Waals surface area contributed by atoms with Crippen LogP contribution in [0.15, 0.2) is 46.5 Å². The fourth-order valence-electron chi connectivity index (χ4n) is 5.62. The van der Waals surface area contributed by atoms with Crippen molar-refractivity contribution in [3.8, 4) is 11.6 Å². The second-order valence-electron chi connectivity index (χ2n) is 9.67. The van der Waals surface area contributed by atoms with Crippen LogP contribution in [0.1, 0.15) is 64.2 Å². The smallest absolute Gasteiger partial charge is 0.233 e. The monoisotopic (exact) mass is 512 g/mol. The maximum Gasteiger partial charge on any atom is 0.233 e. The van der Waals surface area contributed by atoms with Gasteiger partial charge >= 0.3 is 0 Å². The van der Waals surface area contributed by atoms with E-state index < -0.39 is 0 Å². The number of benzene rings is 1. The van der Waals surface area contributed by atoms with E-state index >= 15 is 0 Å². The Labute approximate surface area is 216 Å². The number of rotatable bonds is 8. The molecule has 0 N–H and O–H groups in total. The molecule has 6 nitrogen and oxygen atoms in total. The van der Waals surface area contributed by atoms with Crippen LogP contribution in [-0.2, 0) is 11.3 Å². The third kappa shape index (κ3) is 5.46. The van der Waals surface area contributed by atoms with Crippen LogP contribution >= 0.6 is 23.4 Å². The van der Waals surface area contributed by atoms with Gasteiger partial charge in [-0.15, -0.1) is 16.8 Å². The molecule has 0 unspecified atom stereocenters. The lowest BCUT2D eigenvalue weighted by molar-refractivity contribution is -0.135. The van der Waals surface area contributed by atoms with Gasteiger partial charge in [-0.1, -0.05) is 68.0 Å². The zero-order valence-electron chi connectivity index (χ0n) is 20.1. The number of carbonyl (C=O) groups excluding carboxylic acids is 1. The maximum absolute atomic E-state index is 13.6. The summed E-state index contributed by atoms with van der Waals surface area (Å²) < 4.78 is 8.00. The Morgan fingerprint density at radius 2 is 1.77 bits per heavy atom. The van der Waals surface area contributed by atoms with Crippen LogP contribution in [0.25, 0.3) is 22.6 Å². The number of amides is 1. The molecule has 2 fully saturated rings. The first-order chi connectivity index (χ1) is 17.1. The van der Waals surface area contributed by atoms with Gasteiger partial charge in [-0.2, -0.15) is 0 Å². The molecular weight excluding hydrogens is 480 g/mol. The predicted molar refractivity (Wildman–Crippen MR) is 142 cm³/mol. The Kier molecular flexibility index (Phi) is 7.83. The van der Waals surface area contributed by atoms with Gasteiger partial charge in [0, 0.05) is 29.0 Å². The van der Waals surface area contributed by atoms with Crippen LogP contribution in [0.5, 0.6) is 0 Å². The van der Waals surface area contributed by atoms with Crippen LogP contribution < -0.4 is 0 Å². The standard InChI is InChI=1S/C27H33ClN4O2S/c1-2-15-31-26(24-17-19-16-20(28)13-14-23(19)34-24)29-30-27(31)35-18-25(33)32(21-9-5-3-6-10-21)22-11-7-4-8-12-22/h2,13-14,16-17,21-22H,1,3-12,15,18H2. The minimum atomic E-state index is 0.238. The Morgan fingerprint density at radius 3 is 2.43 bits per heavy atom. The van der Waals surface area contributed by atoms with Gasteiger partial charge in [0.15, 0.2) is 10.9 Å². The lowest BCUT2D eigenvalue weighted by Gasteiger charge is -2.41. The number of nitrogens with zero attached hydrogens (tertiary/aromatic N) is 4. The highest BCUT2D eigenvalue weighted by atomic mass is 35.5. The summed E-state index contributed by atoms with van der Waals surface area (Å²) in [5.74, 6) is 1.86. The van der Waals surface area contributed by atoms with E-state index in [4.69, 9.17) is 16.0 Å². The minimum Gasteiger partial charge on any atom is -0.453 e. The summed E-state index contributed by atoms with van der Waals surface area (Å²) >= 11 is 7.60. The average molecular weight is 513 g/mol. The molecule has 1 amide bonds. The normalized spacial score (nSPS) is 17.6. The zero-order valence-corrected chi connectivity index (χ0v) is 21.7. The highest BCUT2D eigenvalue weighted by molar-refractivity contribution is 7.99. The van der Waals surface area contributed by atoms with E-state index in [0.717, 1.165) is 36.7 Å². The molecular formula is C27H33ClN4O2S. The zero-order chi connectivity index (χ0) is 24.2. The van der Waals surface area contributed by atoms with Crippen molar-refractivity contribution in [2.75, 3.05) is 5.75 Å². The number of halogens is 1. The molecule has 0 aliphatic heterocycles. The van der Waals surface area contributed by atoms with Crippen molar-refractivity contribution < 1.29 is 9.21 Å². The summed E-state index contributed by atoms with van der Waals surface area (Å²) in [5, 5.41) is 11.1. The molecule has 1 aromatic carbocycles. The van der Waals surface area contributed by atoms with Crippen LogP contribution in [0.4, 0.5) is 0 Å². The van der Waals surface area contributed by atoms with Crippen molar-refractivity contribution in [1.82, 2.24) is 19.7 Å². The lowest BCUT2D eigenvalue weighted by Crippen LogP contribution is -2.49. The van der Waals surface area contributed by atoms with Crippen LogP contribution in [0, 0.1) is 0 Å². The number of hydrogen-bond acceptors (Lipinski definition) is 5. The van der Waals surface area contributed by atoms with E-state index in [1.54, 1.807) is 0 Å². The summed E-state index contributed by atoms with van der Waals surface area (Å²) in [5.41, 5.74) is 0.748. The molecule has 5 rings (SSSR count).